The highest BCUT2D eigenvalue weighted by Crippen LogP contribution is 2.38. The lowest BCUT2D eigenvalue weighted by molar-refractivity contribution is -0.144. The van der Waals surface area contributed by atoms with Crippen molar-refractivity contribution >= 4 is 17.0 Å². The molecule has 11 heteroatoms. The smallest absolute Gasteiger partial charge is 0.417 e. The molecule has 0 fully saturated rings. The second kappa shape index (κ2) is 8.25. The number of hydrogen-bond donors (Lipinski definition) is 0. The first-order valence-corrected chi connectivity index (χ1v) is 8.76. The summed E-state index contributed by atoms with van der Waals surface area (Å²) < 4.78 is 76.4. The van der Waals surface area contributed by atoms with Crippen molar-refractivity contribution in [1.82, 2.24) is 14.8 Å². The van der Waals surface area contributed by atoms with Gasteiger partial charge in [-0.15, -0.1) is 0 Å². The molecule has 2 heterocycles. The number of alkyl halides is 5. The van der Waals surface area contributed by atoms with Crippen molar-refractivity contribution in [3.05, 3.63) is 41.6 Å². The van der Waals surface area contributed by atoms with E-state index in [0.29, 0.717) is 0 Å². The Balaban J connectivity index is 2.20. The van der Waals surface area contributed by atoms with Gasteiger partial charge in [0.05, 0.1) is 28.9 Å². The number of carbonyl (C=O) groups excluding carboxylic acids is 1. The number of nitrogens with zero attached hydrogens (tertiary/aromatic N) is 3. The van der Waals surface area contributed by atoms with E-state index in [0.717, 1.165) is 16.8 Å². The molecular formula is C19H16F5N3O3. The van der Waals surface area contributed by atoms with Crippen molar-refractivity contribution in [2.75, 3.05) is 6.61 Å². The molecule has 0 aliphatic carbocycles. The number of esters is 1. The topological polar surface area (TPSA) is 66.2 Å². The lowest BCUT2D eigenvalue weighted by Crippen LogP contribution is -2.15. The molecule has 1 aromatic carbocycles. The molecule has 0 saturated carbocycles. The van der Waals surface area contributed by atoms with Crippen LogP contribution in [0.5, 0.6) is 5.75 Å². The van der Waals surface area contributed by atoms with E-state index in [1.807, 2.05) is 0 Å². The minimum absolute atomic E-state index is 0.0375. The van der Waals surface area contributed by atoms with Gasteiger partial charge < -0.3 is 9.47 Å². The summed E-state index contributed by atoms with van der Waals surface area (Å²) >= 11 is 0. The van der Waals surface area contributed by atoms with E-state index < -0.39 is 30.9 Å². The third-order valence-electron chi connectivity index (χ3n) is 4.12. The maximum atomic E-state index is 13.8. The average Bonchev–Trinajstić information content (AvgIpc) is 2.95. The summed E-state index contributed by atoms with van der Waals surface area (Å²) in [6.45, 7) is -0.453. The molecule has 0 atom stereocenters. The van der Waals surface area contributed by atoms with Crippen LogP contribution in [-0.2, 0) is 22.3 Å². The Kier molecular flexibility index (Phi) is 5.90. The molecule has 0 amide bonds. The molecule has 0 aliphatic rings. The maximum Gasteiger partial charge on any atom is 0.417 e. The summed E-state index contributed by atoms with van der Waals surface area (Å²) in [6, 6.07) is 5.97. The molecule has 0 radical (unpaired) electrons. The van der Waals surface area contributed by atoms with E-state index in [9.17, 15) is 26.7 Å². The number of aromatic nitrogens is 3. The van der Waals surface area contributed by atoms with Crippen molar-refractivity contribution in [1.29, 1.82) is 0 Å². The molecule has 0 bridgehead atoms. The van der Waals surface area contributed by atoms with E-state index >= 15 is 0 Å². The third-order valence-corrected chi connectivity index (χ3v) is 4.12. The zero-order valence-corrected chi connectivity index (χ0v) is 15.8. The fourth-order valence-electron chi connectivity index (χ4n) is 3.00. The number of fused-ring (bicyclic) bond motifs is 1. The Hall–Kier alpha value is -3.24. The summed E-state index contributed by atoms with van der Waals surface area (Å²) in [6.07, 6.45) is -4.74. The van der Waals surface area contributed by atoms with Crippen molar-refractivity contribution in [3.8, 4) is 17.0 Å². The van der Waals surface area contributed by atoms with Gasteiger partial charge in [0.2, 0.25) is 0 Å². The van der Waals surface area contributed by atoms with Gasteiger partial charge in [0.15, 0.2) is 5.65 Å². The van der Waals surface area contributed by atoms with E-state index in [1.165, 1.54) is 25.1 Å². The van der Waals surface area contributed by atoms with Crippen LogP contribution in [-0.4, -0.2) is 34.0 Å². The molecule has 30 heavy (non-hydrogen) atoms. The van der Waals surface area contributed by atoms with Crippen molar-refractivity contribution in [2.24, 2.45) is 0 Å². The van der Waals surface area contributed by atoms with Crippen LogP contribution in [0.3, 0.4) is 0 Å². The highest BCUT2D eigenvalue weighted by atomic mass is 19.4. The predicted octanol–water partition coefficient (Wildman–Crippen LogP) is 4.59. The molecule has 0 spiro atoms. The van der Waals surface area contributed by atoms with Crippen LogP contribution < -0.4 is 4.74 Å². The molecule has 2 aromatic heterocycles. The number of rotatable bonds is 6. The number of benzene rings is 1. The first kappa shape index (κ1) is 21.5. The van der Waals surface area contributed by atoms with Crippen LogP contribution in [0.15, 0.2) is 30.3 Å². The molecule has 3 aromatic rings. The van der Waals surface area contributed by atoms with Gasteiger partial charge in [0.1, 0.15) is 12.3 Å². The Bertz CT molecular complexity index is 1080. The minimum Gasteiger partial charge on any atom is -0.465 e. The average molecular weight is 429 g/mol. The van der Waals surface area contributed by atoms with Gasteiger partial charge in [-0.25, -0.2) is 9.67 Å². The highest BCUT2D eigenvalue weighted by Gasteiger charge is 2.36. The SMILES string of the molecule is CCOC(=O)Cn1nc(C)c2c(C(F)(F)F)cc(-c3cccc(OC(F)F)c3)nc21. The van der Waals surface area contributed by atoms with Gasteiger partial charge in [0.25, 0.3) is 0 Å². The Morgan fingerprint density at radius 1 is 1.23 bits per heavy atom. The molecule has 0 aliphatic heterocycles. The van der Waals surface area contributed by atoms with Gasteiger partial charge in [0, 0.05) is 5.56 Å². The molecule has 0 unspecified atom stereocenters. The molecule has 0 N–H and O–H groups in total. The van der Waals surface area contributed by atoms with Gasteiger partial charge in [-0.05, 0) is 32.0 Å². The summed E-state index contributed by atoms with van der Waals surface area (Å²) in [4.78, 5) is 16.1. The monoisotopic (exact) mass is 429 g/mol. The Labute approximate surface area is 167 Å². The molecule has 160 valence electrons. The van der Waals surface area contributed by atoms with Crippen LogP contribution >= 0.6 is 0 Å². The molecule has 6 nitrogen and oxygen atoms in total. The van der Waals surface area contributed by atoms with Crippen LogP contribution in [0.2, 0.25) is 0 Å². The number of carbonyl (C=O) groups is 1. The van der Waals surface area contributed by atoms with Gasteiger partial charge in [-0.3, -0.25) is 4.79 Å². The normalized spacial score (nSPS) is 11.9. The molecular weight excluding hydrogens is 413 g/mol. The highest BCUT2D eigenvalue weighted by molar-refractivity contribution is 5.86. The second-order valence-corrected chi connectivity index (χ2v) is 6.21. The zero-order valence-electron chi connectivity index (χ0n) is 15.8. The number of ether oxygens (including phenoxy) is 2. The Morgan fingerprint density at radius 2 is 1.97 bits per heavy atom. The van der Waals surface area contributed by atoms with E-state index in [-0.39, 0.29) is 40.3 Å². The first-order valence-electron chi connectivity index (χ1n) is 8.76. The van der Waals surface area contributed by atoms with Crippen LogP contribution in [0.1, 0.15) is 18.2 Å². The lowest BCUT2D eigenvalue weighted by Gasteiger charge is -2.12. The standard InChI is InChI=1S/C19H16F5N3O3/c1-3-29-15(28)9-27-17-16(10(2)26-27)13(19(22,23)24)8-14(25-17)11-5-4-6-12(7-11)30-18(20)21/h4-8,18H,3,9H2,1-2H3. The number of aryl methyl sites for hydroxylation is 1. The maximum absolute atomic E-state index is 13.8. The summed E-state index contributed by atoms with van der Waals surface area (Å²) in [5, 5.41) is 3.75. The fraction of sp³-hybridized carbons (Fsp3) is 0.316. The first-order chi connectivity index (χ1) is 14.1. The van der Waals surface area contributed by atoms with Gasteiger partial charge in [-0.2, -0.15) is 27.1 Å². The fourth-order valence-corrected chi connectivity index (χ4v) is 3.00. The lowest BCUT2D eigenvalue weighted by atomic mass is 10.0. The quantitative estimate of drug-likeness (QED) is 0.424. The summed E-state index contributed by atoms with van der Waals surface area (Å²) in [5.74, 6) is -0.913. The van der Waals surface area contributed by atoms with Crippen molar-refractivity contribution in [3.63, 3.8) is 0 Å². The number of halogens is 5. The van der Waals surface area contributed by atoms with Crippen molar-refractivity contribution < 1.29 is 36.2 Å². The second-order valence-electron chi connectivity index (χ2n) is 6.21. The minimum atomic E-state index is -4.74. The molecule has 3 rings (SSSR count). The predicted molar refractivity (Wildman–Crippen MR) is 96.0 cm³/mol. The van der Waals surface area contributed by atoms with E-state index in [2.05, 4.69) is 14.8 Å². The van der Waals surface area contributed by atoms with Crippen LogP contribution in [0.4, 0.5) is 22.0 Å². The summed E-state index contributed by atoms with van der Waals surface area (Å²) in [7, 11) is 0. The largest absolute Gasteiger partial charge is 0.465 e. The zero-order chi connectivity index (χ0) is 22.1. The third kappa shape index (κ3) is 4.50. The van der Waals surface area contributed by atoms with Crippen molar-refractivity contribution in [2.45, 2.75) is 33.2 Å². The Morgan fingerprint density at radius 3 is 2.60 bits per heavy atom. The van der Waals surface area contributed by atoms with Crippen LogP contribution in [0, 0.1) is 6.92 Å². The molecule has 0 saturated heterocycles. The van der Waals surface area contributed by atoms with Gasteiger partial charge >= 0.3 is 18.8 Å². The van der Waals surface area contributed by atoms with E-state index in [4.69, 9.17) is 4.74 Å². The summed E-state index contributed by atoms with van der Waals surface area (Å²) in [5.41, 5.74) is -1.15. The van der Waals surface area contributed by atoms with Crippen LogP contribution in [0.25, 0.3) is 22.3 Å². The van der Waals surface area contributed by atoms with Gasteiger partial charge in [-0.1, -0.05) is 12.1 Å². The van der Waals surface area contributed by atoms with E-state index in [1.54, 1.807) is 6.92 Å². The number of pyridine rings is 1. The number of hydrogen-bond acceptors (Lipinski definition) is 5.